The fourth-order valence-corrected chi connectivity index (χ4v) is 1.62. The molecule has 0 spiro atoms. The molecule has 0 fully saturated rings. The number of aliphatic hydroxyl groups excluding tert-OH is 1. The van der Waals surface area contributed by atoms with Gasteiger partial charge in [0.1, 0.15) is 24.2 Å². The number of benzene rings is 2. The van der Waals surface area contributed by atoms with Gasteiger partial charge in [0.05, 0.1) is 6.61 Å². The van der Waals surface area contributed by atoms with Crippen LogP contribution in [0.15, 0.2) is 54.6 Å². The fourth-order valence-electron chi connectivity index (χ4n) is 1.62. The molecule has 0 aliphatic heterocycles. The molecule has 0 unspecified atom stereocenters. The minimum atomic E-state index is -0.198. The van der Waals surface area contributed by atoms with E-state index in [0.717, 1.165) is 17.1 Å². The van der Waals surface area contributed by atoms with Crippen LogP contribution in [0.2, 0.25) is 0 Å². The molecule has 19 heavy (non-hydrogen) atoms. The molecule has 2 rings (SSSR count). The average Bonchev–Trinajstić information content (AvgIpc) is 2.47. The Kier molecular flexibility index (Phi) is 4.81. The van der Waals surface area contributed by atoms with Gasteiger partial charge < -0.3 is 14.6 Å². The highest BCUT2D eigenvalue weighted by Crippen LogP contribution is 2.19. The van der Waals surface area contributed by atoms with E-state index in [4.69, 9.17) is 14.6 Å². The van der Waals surface area contributed by atoms with E-state index in [1.54, 1.807) is 0 Å². The van der Waals surface area contributed by atoms with Gasteiger partial charge in [0.2, 0.25) is 0 Å². The predicted octanol–water partition coefficient (Wildman–Crippen LogP) is 3.03. The number of hydrogen-bond acceptors (Lipinski definition) is 3. The van der Waals surface area contributed by atoms with Crippen LogP contribution in [0, 0.1) is 0 Å². The van der Waals surface area contributed by atoms with Gasteiger partial charge >= 0.3 is 0 Å². The second-order valence-electron chi connectivity index (χ2n) is 4.36. The number of ether oxygens (including phenoxy) is 2. The molecule has 0 aliphatic carbocycles. The highest BCUT2D eigenvalue weighted by Gasteiger charge is 2.02. The zero-order valence-electron chi connectivity index (χ0n) is 11.0. The Bertz CT molecular complexity index is 479. The molecule has 1 N–H and O–H groups in total. The van der Waals surface area contributed by atoms with Gasteiger partial charge in [0.25, 0.3) is 0 Å². The monoisotopic (exact) mass is 258 g/mol. The molecular formula is C16H18O3. The first-order valence-electron chi connectivity index (χ1n) is 6.32. The second kappa shape index (κ2) is 6.81. The molecule has 2 aromatic carbocycles. The summed E-state index contributed by atoms with van der Waals surface area (Å²) >= 11 is 0. The van der Waals surface area contributed by atoms with Crippen LogP contribution >= 0.6 is 0 Å². The smallest absolute Gasteiger partial charge is 0.120 e. The predicted molar refractivity (Wildman–Crippen MR) is 74.4 cm³/mol. The standard InChI is InChI=1S/C16H18O3/c1-13(11-17)19-16-9-7-15(8-10-16)18-12-14-5-3-2-4-6-14/h2-10,13,17H,11-12H2,1H3/t13-/m1/s1. The number of hydrogen-bond donors (Lipinski definition) is 1. The molecule has 0 aromatic heterocycles. The Morgan fingerprint density at radius 2 is 1.58 bits per heavy atom. The molecule has 2 aromatic rings. The molecule has 0 amide bonds. The van der Waals surface area contributed by atoms with Crippen molar-refractivity contribution in [2.24, 2.45) is 0 Å². The maximum Gasteiger partial charge on any atom is 0.120 e. The van der Waals surface area contributed by atoms with Gasteiger partial charge in [0, 0.05) is 0 Å². The van der Waals surface area contributed by atoms with Crippen LogP contribution in [0.5, 0.6) is 11.5 Å². The molecule has 0 saturated heterocycles. The molecule has 1 atom stereocenters. The Balaban J connectivity index is 1.88. The van der Waals surface area contributed by atoms with Crippen LogP contribution in [-0.4, -0.2) is 17.8 Å². The van der Waals surface area contributed by atoms with E-state index in [0.29, 0.717) is 6.61 Å². The lowest BCUT2D eigenvalue weighted by Crippen LogP contribution is -2.15. The summed E-state index contributed by atoms with van der Waals surface area (Å²) < 4.78 is 11.1. The highest BCUT2D eigenvalue weighted by atomic mass is 16.5. The van der Waals surface area contributed by atoms with Crippen molar-refractivity contribution < 1.29 is 14.6 Å². The summed E-state index contributed by atoms with van der Waals surface area (Å²) in [7, 11) is 0. The third-order valence-electron chi connectivity index (χ3n) is 2.67. The Labute approximate surface area is 113 Å². The van der Waals surface area contributed by atoms with E-state index in [1.807, 2.05) is 61.5 Å². The topological polar surface area (TPSA) is 38.7 Å². The van der Waals surface area contributed by atoms with Gasteiger partial charge in [-0.05, 0) is 36.8 Å². The van der Waals surface area contributed by atoms with Crippen molar-refractivity contribution >= 4 is 0 Å². The van der Waals surface area contributed by atoms with E-state index >= 15 is 0 Å². The molecule has 0 heterocycles. The lowest BCUT2D eigenvalue weighted by Gasteiger charge is -2.12. The van der Waals surface area contributed by atoms with Crippen molar-refractivity contribution in [1.29, 1.82) is 0 Å². The van der Waals surface area contributed by atoms with Crippen molar-refractivity contribution in [1.82, 2.24) is 0 Å². The average molecular weight is 258 g/mol. The molecule has 100 valence electrons. The van der Waals surface area contributed by atoms with Gasteiger partial charge in [-0.1, -0.05) is 30.3 Å². The molecule has 0 radical (unpaired) electrons. The molecule has 0 saturated carbocycles. The number of aliphatic hydroxyl groups is 1. The van der Waals surface area contributed by atoms with Gasteiger partial charge in [-0.2, -0.15) is 0 Å². The van der Waals surface area contributed by atoms with Crippen molar-refractivity contribution in [2.75, 3.05) is 6.61 Å². The Hall–Kier alpha value is -2.00. The second-order valence-corrected chi connectivity index (χ2v) is 4.36. The largest absolute Gasteiger partial charge is 0.489 e. The minimum Gasteiger partial charge on any atom is -0.489 e. The Morgan fingerprint density at radius 1 is 0.947 bits per heavy atom. The van der Waals surface area contributed by atoms with E-state index < -0.39 is 0 Å². The third kappa shape index (κ3) is 4.30. The minimum absolute atomic E-state index is 0.00621. The summed E-state index contributed by atoms with van der Waals surface area (Å²) in [5, 5.41) is 8.91. The normalized spacial score (nSPS) is 11.9. The lowest BCUT2D eigenvalue weighted by molar-refractivity contribution is 0.129. The SMILES string of the molecule is C[C@H](CO)Oc1ccc(OCc2ccccc2)cc1. The highest BCUT2D eigenvalue weighted by molar-refractivity contribution is 5.31. The van der Waals surface area contributed by atoms with Crippen molar-refractivity contribution in [3.8, 4) is 11.5 Å². The summed E-state index contributed by atoms with van der Waals surface area (Å²) in [6.07, 6.45) is -0.198. The van der Waals surface area contributed by atoms with Crippen LogP contribution in [-0.2, 0) is 6.61 Å². The van der Waals surface area contributed by atoms with Crippen LogP contribution in [0.1, 0.15) is 12.5 Å². The maximum absolute atomic E-state index is 8.91. The summed E-state index contributed by atoms with van der Waals surface area (Å²) in [6, 6.07) is 17.4. The van der Waals surface area contributed by atoms with E-state index in [1.165, 1.54) is 0 Å². The van der Waals surface area contributed by atoms with Crippen LogP contribution in [0.25, 0.3) is 0 Å². The summed E-state index contributed by atoms with van der Waals surface area (Å²) in [5.74, 6) is 1.53. The van der Waals surface area contributed by atoms with Crippen molar-refractivity contribution in [3.63, 3.8) is 0 Å². The van der Waals surface area contributed by atoms with Crippen LogP contribution < -0.4 is 9.47 Å². The fraction of sp³-hybridized carbons (Fsp3) is 0.250. The number of rotatable bonds is 6. The van der Waals surface area contributed by atoms with Gasteiger partial charge in [-0.25, -0.2) is 0 Å². The van der Waals surface area contributed by atoms with E-state index in [2.05, 4.69) is 0 Å². The molecule has 3 nitrogen and oxygen atoms in total. The summed E-state index contributed by atoms with van der Waals surface area (Å²) in [4.78, 5) is 0. The molecular weight excluding hydrogens is 240 g/mol. The first kappa shape index (κ1) is 13.4. The first-order chi connectivity index (χ1) is 9.28. The van der Waals surface area contributed by atoms with E-state index in [-0.39, 0.29) is 12.7 Å². The van der Waals surface area contributed by atoms with Crippen LogP contribution in [0.3, 0.4) is 0 Å². The zero-order chi connectivity index (χ0) is 13.5. The zero-order valence-corrected chi connectivity index (χ0v) is 11.0. The van der Waals surface area contributed by atoms with Gasteiger partial charge in [0.15, 0.2) is 0 Å². The third-order valence-corrected chi connectivity index (χ3v) is 2.67. The van der Waals surface area contributed by atoms with E-state index in [9.17, 15) is 0 Å². The van der Waals surface area contributed by atoms with Gasteiger partial charge in [-0.15, -0.1) is 0 Å². The lowest BCUT2D eigenvalue weighted by atomic mass is 10.2. The Morgan fingerprint density at radius 3 is 2.21 bits per heavy atom. The van der Waals surface area contributed by atoms with Crippen LogP contribution in [0.4, 0.5) is 0 Å². The van der Waals surface area contributed by atoms with Gasteiger partial charge in [-0.3, -0.25) is 0 Å². The first-order valence-corrected chi connectivity index (χ1v) is 6.32. The van der Waals surface area contributed by atoms with Crippen molar-refractivity contribution in [3.05, 3.63) is 60.2 Å². The molecule has 3 heteroatoms. The summed E-state index contributed by atoms with van der Waals surface area (Å²) in [5.41, 5.74) is 1.14. The molecule has 0 aliphatic rings. The molecule has 0 bridgehead atoms. The summed E-state index contributed by atoms with van der Waals surface area (Å²) in [6.45, 7) is 2.38. The van der Waals surface area contributed by atoms with Crippen molar-refractivity contribution in [2.45, 2.75) is 19.6 Å². The maximum atomic E-state index is 8.91. The quantitative estimate of drug-likeness (QED) is 0.865.